The van der Waals surface area contributed by atoms with E-state index in [9.17, 15) is 0 Å². The number of nitrogens with zero attached hydrogens (tertiary/aromatic N) is 2. The van der Waals surface area contributed by atoms with Crippen molar-refractivity contribution in [2.45, 2.75) is 12.8 Å². The molecular weight excluding hydrogens is 637 g/mol. The van der Waals surface area contributed by atoms with Gasteiger partial charge in [0.1, 0.15) is 11.5 Å². The van der Waals surface area contributed by atoms with Crippen molar-refractivity contribution in [1.82, 2.24) is 0 Å². The van der Waals surface area contributed by atoms with Crippen LogP contribution in [0.3, 0.4) is 0 Å². The Morgan fingerprint density at radius 1 is 0.423 bits per heavy atom. The monoisotopic (exact) mass is 670 g/mol. The number of hydrogen-bond acceptors (Lipinski definition) is 4. The maximum Gasteiger partial charge on any atom is 0.172 e. The maximum absolute atomic E-state index is 6.88. The van der Waals surface area contributed by atoms with Crippen LogP contribution in [0.2, 0.25) is 0 Å². The number of rotatable bonds is 6. The molecule has 0 radical (unpaired) electrons. The van der Waals surface area contributed by atoms with Crippen LogP contribution in [0.15, 0.2) is 176 Å². The van der Waals surface area contributed by atoms with Gasteiger partial charge in [-0.25, -0.2) is 0 Å². The van der Waals surface area contributed by atoms with Crippen LogP contribution in [-0.4, -0.2) is 0 Å². The molecule has 1 aliphatic carbocycles. The SMILES string of the molecule is C1=Cc2cccc(N(c3ccccc3)c3ccc4c(c3)Oc3cccc5cc(N(c6ccccc6)c6cccc7ccccc67)cc(c35)O4)c2CC1. The first-order chi connectivity index (χ1) is 25.8. The first-order valence-corrected chi connectivity index (χ1v) is 17.8. The first-order valence-electron chi connectivity index (χ1n) is 17.8. The fourth-order valence-electron chi connectivity index (χ4n) is 7.75. The Morgan fingerprint density at radius 2 is 1.08 bits per heavy atom. The van der Waals surface area contributed by atoms with Crippen LogP contribution in [0.1, 0.15) is 17.5 Å². The molecule has 0 bridgehead atoms. The quantitative estimate of drug-likeness (QED) is 0.176. The smallest absolute Gasteiger partial charge is 0.172 e. The Bertz CT molecular complexity index is 2640. The van der Waals surface area contributed by atoms with Crippen molar-refractivity contribution in [1.29, 1.82) is 0 Å². The number of para-hydroxylation sites is 2. The van der Waals surface area contributed by atoms with Crippen molar-refractivity contribution in [3.63, 3.8) is 0 Å². The van der Waals surface area contributed by atoms with Gasteiger partial charge in [-0.15, -0.1) is 0 Å². The molecule has 0 fully saturated rings. The lowest BCUT2D eigenvalue weighted by Gasteiger charge is -2.29. The number of ether oxygens (including phenoxy) is 2. The second-order valence-corrected chi connectivity index (χ2v) is 13.3. The predicted octanol–water partition coefficient (Wildman–Crippen LogP) is 13.8. The zero-order valence-electron chi connectivity index (χ0n) is 28.4. The normalized spacial score (nSPS) is 12.7. The van der Waals surface area contributed by atoms with Gasteiger partial charge in [0.15, 0.2) is 11.5 Å². The highest BCUT2D eigenvalue weighted by Gasteiger charge is 2.25. The molecule has 0 amide bonds. The molecule has 10 rings (SSSR count). The van der Waals surface area contributed by atoms with Crippen molar-refractivity contribution in [2.75, 3.05) is 9.80 Å². The van der Waals surface area contributed by atoms with E-state index < -0.39 is 0 Å². The molecule has 0 aromatic heterocycles. The van der Waals surface area contributed by atoms with Crippen LogP contribution >= 0.6 is 0 Å². The molecule has 8 aromatic rings. The van der Waals surface area contributed by atoms with Gasteiger partial charge in [-0.3, -0.25) is 0 Å². The molecule has 0 N–H and O–H groups in total. The van der Waals surface area contributed by atoms with E-state index in [0.717, 1.165) is 63.6 Å². The summed E-state index contributed by atoms with van der Waals surface area (Å²) < 4.78 is 13.7. The van der Waals surface area contributed by atoms with E-state index in [4.69, 9.17) is 9.47 Å². The van der Waals surface area contributed by atoms with Crippen molar-refractivity contribution < 1.29 is 9.47 Å². The van der Waals surface area contributed by atoms with E-state index in [1.807, 2.05) is 12.1 Å². The van der Waals surface area contributed by atoms with Crippen molar-refractivity contribution in [2.24, 2.45) is 0 Å². The van der Waals surface area contributed by atoms with E-state index in [-0.39, 0.29) is 0 Å². The molecule has 2 aliphatic rings. The number of hydrogen-bond donors (Lipinski definition) is 0. The largest absolute Gasteiger partial charge is 0.453 e. The highest BCUT2D eigenvalue weighted by atomic mass is 16.5. The topological polar surface area (TPSA) is 24.9 Å². The summed E-state index contributed by atoms with van der Waals surface area (Å²) >= 11 is 0. The molecule has 0 atom stereocenters. The summed E-state index contributed by atoms with van der Waals surface area (Å²) in [6.45, 7) is 0. The van der Waals surface area contributed by atoms with Crippen LogP contribution in [0.4, 0.5) is 34.1 Å². The zero-order chi connectivity index (χ0) is 34.4. The lowest BCUT2D eigenvalue weighted by Crippen LogP contribution is -2.13. The third kappa shape index (κ3) is 5.16. The summed E-state index contributed by atoms with van der Waals surface area (Å²) in [7, 11) is 0. The lowest BCUT2D eigenvalue weighted by molar-refractivity contribution is 0.439. The molecule has 0 saturated heterocycles. The molecule has 0 saturated carbocycles. The van der Waals surface area contributed by atoms with Crippen molar-refractivity contribution in [3.8, 4) is 23.0 Å². The Morgan fingerprint density at radius 3 is 1.92 bits per heavy atom. The molecule has 1 aliphatic heterocycles. The van der Waals surface area contributed by atoms with E-state index >= 15 is 0 Å². The molecule has 4 heteroatoms. The summed E-state index contributed by atoms with van der Waals surface area (Å²) in [5, 5.41) is 4.34. The standard InChI is InChI=1S/C48H34N2O2/c1-3-19-36(20-4-1)49(42-25-11-16-33-14-7-9-23-40(33)42)38-28-29-44-46(31-38)52-45-27-13-18-35-30-39(32-47(51-44)48(35)45)50(37-21-5-2-6-22-37)43-26-12-17-34-15-8-10-24-41(34)43/h1-8,10-22,24-32H,9,23H2. The number of fused-ring (bicyclic) bond motifs is 3. The zero-order valence-corrected chi connectivity index (χ0v) is 28.4. The van der Waals surface area contributed by atoms with E-state index in [1.54, 1.807) is 0 Å². The summed E-state index contributed by atoms with van der Waals surface area (Å²) in [6.07, 6.45) is 6.52. The number of benzene rings is 8. The highest BCUT2D eigenvalue weighted by Crippen LogP contribution is 2.51. The van der Waals surface area contributed by atoms with Gasteiger partial charge in [0.25, 0.3) is 0 Å². The molecule has 0 spiro atoms. The Labute approximate surface area is 303 Å². The molecule has 248 valence electrons. The molecular formula is C48H34N2O2. The van der Waals surface area contributed by atoms with E-state index in [1.165, 1.54) is 27.6 Å². The van der Waals surface area contributed by atoms with E-state index in [0.29, 0.717) is 11.5 Å². The fraction of sp³-hybridized carbons (Fsp3) is 0.0417. The average molecular weight is 671 g/mol. The van der Waals surface area contributed by atoms with Crippen LogP contribution in [0.5, 0.6) is 23.0 Å². The average Bonchev–Trinajstić information content (AvgIpc) is 3.36. The summed E-state index contributed by atoms with van der Waals surface area (Å²) in [5.74, 6) is 2.85. The summed E-state index contributed by atoms with van der Waals surface area (Å²) in [5.41, 5.74) is 9.04. The summed E-state index contributed by atoms with van der Waals surface area (Å²) in [4.78, 5) is 4.65. The van der Waals surface area contributed by atoms with Gasteiger partial charge in [-0.05, 0) is 95.4 Å². The minimum Gasteiger partial charge on any atom is -0.453 e. The third-order valence-electron chi connectivity index (χ3n) is 10.1. The van der Waals surface area contributed by atoms with Gasteiger partial charge in [0.2, 0.25) is 0 Å². The highest BCUT2D eigenvalue weighted by molar-refractivity contribution is 6.03. The minimum absolute atomic E-state index is 0.667. The second-order valence-electron chi connectivity index (χ2n) is 13.3. The van der Waals surface area contributed by atoms with Gasteiger partial charge in [0.05, 0.1) is 22.4 Å². The first kappa shape index (κ1) is 30.1. The van der Waals surface area contributed by atoms with Crippen molar-refractivity contribution in [3.05, 3.63) is 187 Å². The molecule has 52 heavy (non-hydrogen) atoms. The Kier molecular flexibility index (Phi) is 7.24. The predicted molar refractivity (Wildman–Crippen MR) is 215 cm³/mol. The molecule has 0 unspecified atom stereocenters. The lowest BCUT2D eigenvalue weighted by atomic mass is 9.94. The summed E-state index contributed by atoms with van der Waals surface area (Å²) in [6, 6.07) is 59.6. The molecule has 1 heterocycles. The van der Waals surface area contributed by atoms with Gasteiger partial charge in [0, 0.05) is 34.6 Å². The van der Waals surface area contributed by atoms with Gasteiger partial charge in [-0.1, -0.05) is 109 Å². The second kappa shape index (κ2) is 12.5. The fourth-order valence-corrected chi connectivity index (χ4v) is 7.75. The van der Waals surface area contributed by atoms with Gasteiger partial charge in [-0.2, -0.15) is 0 Å². The van der Waals surface area contributed by atoms with Crippen LogP contribution in [-0.2, 0) is 6.42 Å². The maximum atomic E-state index is 6.88. The van der Waals surface area contributed by atoms with Crippen LogP contribution < -0.4 is 19.3 Å². The molecule has 4 nitrogen and oxygen atoms in total. The van der Waals surface area contributed by atoms with Crippen LogP contribution in [0.25, 0.3) is 27.6 Å². The number of allylic oxidation sites excluding steroid dienone is 1. The third-order valence-corrected chi connectivity index (χ3v) is 10.1. The van der Waals surface area contributed by atoms with E-state index in [2.05, 4.69) is 180 Å². The van der Waals surface area contributed by atoms with Gasteiger partial charge >= 0.3 is 0 Å². The number of anilines is 6. The van der Waals surface area contributed by atoms with Crippen molar-refractivity contribution >= 4 is 61.7 Å². The Hall–Kier alpha value is -6.78. The Balaban J connectivity index is 1.12. The van der Waals surface area contributed by atoms with Gasteiger partial charge < -0.3 is 19.3 Å². The molecule has 8 aromatic carbocycles. The van der Waals surface area contributed by atoms with Crippen LogP contribution in [0, 0.1) is 0 Å². The minimum atomic E-state index is 0.667.